The molecule has 1 aromatic carbocycles. The number of halogens is 2. The normalized spacial score (nSPS) is 16.3. The summed E-state index contributed by atoms with van der Waals surface area (Å²) in [6.45, 7) is 6.45. The van der Waals surface area contributed by atoms with Crippen LogP contribution in [0.4, 0.5) is 10.2 Å². The molecule has 250 valence electrons. The number of nitrogens with zero attached hydrogens (tertiary/aromatic N) is 7. The first-order valence-electron chi connectivity index (χ1n) is 15.5. The lowest BCUT2D eigenvalue weighted by molar-refractivity contribution is -0.120. The molecule has 1 aliphatic heterocycles. The van der Waals surface area contributed by atoms with Crippen LogP contribution < -0.4 is 5.32 Å². The first kappa shape index (κ1) is 35.9. The Kier molecular flexibility index (Phi) is 12.4. The van der Waals surface area contributed by atoms with Gasteiger partial charge in [-0.3, -0.25) is 19.2 Å². The molecule has 1 fully saturated rings. The number of ketones is 1. The summed E-state index contributed by atoms with van der Waals surface area (Å²) in [6, 6.07) is 7.21. The van der Waals surface area contributed by atoms with Gasteiger partial charge >= 0.3 is 0 Å². The summed E-state index contributed by atoms with van der Waals surface area (Å²) in [5, 5.41) is 7.69. The number of carbonyl (C=O) groups excluding carboxylic acids is 3. The van der Waals surface area contributed by atoms with E-state index in [1.165, 1.54) is 24.4 Å². The predicted molar refractivity (Wildman–Crippen MR) is 184 cm³/mol. The van der Waals surface area contributed by atoms with Gasteiger partial charge in [-0.15, -0.1) is 0 Å². The molecule has 2 atom stereocenters. The van der Waals surface area contributed by atoms with Gasteiger partial charge in [0.05, 0.1) is 18.1 Å². The van der Waals surface area contributed by atoms with Crippen LogP contribution in [0.5, 0.6) is 0 Å². The van der Waals surface area contributed by atoms with Crippen LogP contribution in [0, 0.1) is 19.8 Å². The molecule has 13 heteroatoms. The highest BCUT2D eigenvalue weighted by atomic mass is 79.9. The molecule has 0 radical (unpaired) electrons. The van der Waals surface area contributed by atoms with Crippen molar-refractivity contribution >= 4 is 50.6 Å². The Balaban J connectivity index is 0.000000213. The number of rotatable bonds is 11. The quantitative estimate of drug-likeness (QED) is 0.123. The summed E-state index contributed by atoms with van der Waals surface area (Å²) in [5.41, 5.74) is 3.44. The Labute approximate surface area is 283 Å². The predicted octanol–water partition coefficient (Wildman–Crippen LogP) is 5.43. The molecule has 4 heterocycles. The Morgan fingerprint density at radius 1 is 1.15 bits per heavy atom. The second kappa shape index (κ2) is 16.2. The molecule has 0 aliphatic carbocycles. The number of hydrogen-bond donors (Lipinski definition) is 1. The van der Waals surface area contributed by atoms with E-state index in [1.54, 1.807) is 31.5 Å². The van der Waals surface area contributed by atoms with E-state index in [2.05, 4.69) is 65.2 Å². The van der Waals surface area contributed by atoms with Gasteiger partial charge in [-0.1, -0.05) is 6.07 Å². The van der Waals surface area contributed by atoms with Gasteiger partial charge in [-0.05, 0) is 112 Å². The largest absolute Gasteiger partial charge is 0.309 e. The molecule has 0 spiro atoms. The second-order valence-electron chi connectivity index (χ2n) is 12.2. The lowest BCUT2D eigenvalue weighted by Crippen LogP contribution is -2.37. The van der Waals surface area contributed by atoms with Crippen molar-refractivity contribution in [3.63, 3.8) is 0 Å². The maximum Gasteiger partial charge on any atom is 0.242 e. The number of hydrogen-bond acceptors (Lipinski definition) is 9. The van der Waals surface area contributed by atoms with Crippen molar-refractivity contribution in [3.05, 3.63) is 63.9 Å². The number of aldehydes is 1. The van der Waals surface area contributed by atoms with Crippen molar-refractivity contribution in [2.45, 2.75) is 59.3 Å². The number of likely N-dealkylation sites (N-methyl/N-ethyl adjacent to an activating group) is 1. The SMILES string of the molecule is CC(=O)c1nn(CC=O)c2c(CF)cc(-c3cnc(C)nc3)cc12.Cc1ccc(Br)nc1NC(=O)C1CC(CCCN(C)C)CN1C. The molecular formula is C34H42BrFN8O3. The summed E-state index contributed by atoms with van der Waals surface area (Å²) in [6.07, 6.45) is 7.26. The number of benzene rings is 1. The Bertz CT molecular complexity index is 1730. The zero-order valence-electron chi connectivity index (χ0n) is 27.8. The van der Waals surface area contributed by atoms with Crippen LogP contribution >= 0.6 is 15.9 Å². The smallest absolute Gasteiger partial charge is 0.242 e. The van der Waals surface area contributed by atoms with Gasteiger partial charge in [0.15, 0.2) is 5.78 Å². The zero-order chi connectivity index (χ0) is 34.2. The molecule has 11 nitrogen and oxygen atoms in total. The Morgan fingerprint density at radius 2 is 1.87 bits per heavy atom. The second-order valence-corrected chi connectivity index (χ2v) is 13.0. The first-order chi connectivity index (χ1) is 22.4. The summed E-state index contributed by atoms with van der Waals surface area (Å²) in [4.78, 5) is 52.4. The molecule has 0 bridgehead atoms. The van der Waals surface area contributed by atoms with Crippen LogP contribution in [0.25, 0.3) is 22.0 Å². The molecule has 1 saturated heterocycles. The van der Waals surface area contributed by atoms with E-state index in [4.69, 9.17) is 0 Å². The van der Waals surface area contributed by atoms with E-state index in [-0.39, 0.29) is 30.0 Å². The topological polar surface area (TPSA) is 126 Å². The van der Waals surface area contributed by atoms with Gasteiger partial charge in [-0.2, -0.15) is 5.10 Å². The number of anilines is 1. The van der Waals surface area contributed by atoms with E-state index in [0.717, 1.165) is 35.2 Å². The fraction of sp³-hybridized carbons (Fsp3) is 0.441. The minimum atomic E-state index is -0.737. The number of aromatic nitrogens is 5. The number of pyridine rings is 1. The van der Waals surface area contributed by atoms with Gasteiger partial charge in [0.1, 0.15) is 34.9 Å². The van der Waals surface area contributed by atoms with Crippen molar-refractivity contribution < 1.29 is 18.8 Å². The molecule has 1 amide bonds. The standard InChI is InChI=1S/C17H27BrN4O.C17H15FN4O2/c1-12-7-8-15(18)19-16(12)20-17(23)14-10-13(11-22(14)4)6-5-9-21(2)3;1-10(24)16-15-6-12(14-8-19-11(2)20-9-14)5-13(7-18)17(15)22(21-16)3-4-23/h7-8,13-14H,5-6,9-11H2,1-4H3,(H,19,20,23);4-6,8-9H,3,7H2,1-2H3. The fourth-order valence-corrected chi connectivity index (χ4v) is 6.14. The van der Waals surface area contributed by atoms with E-state index in [0.29, 0.717) is 45.9 Å². The van der Waals surface area contributed by atoms with Gasteiger partial charge in [0.2, 0.25) is 5.91 Å². The number of fused-ring (bicyclic) bond motifs is 1. The molecule has 4 aromatic rings. The fourth-order valence-electron chi connectivity index (χ4n) is 5.83. The summed E-state index contributed by atoms with van der Waals surface area (Å²) >= 11 is 3.35. The molecule has 1 aliphatic rings. The third-order valence-corrected chi connectivity index (χ3v) is 8.66. The Hall–Kier alpha value is -3.94. The Morgan fingerprint density at radius 3 is 2.51 bits per heavy atom. The van der Waals surface area contributed by atoms with Crippen molar-refractivity contribution in [1.82, 2.24) is 34.5 Å². The highest BCUT2D eigenvalue weighted by Crippen LogP contribution is 2.31. The summed E-state index contributed by atoms with van der Waals surface area (Å²) in [7, 11) is 6.24. The monoisotopic (exact) mass is 708 g/mol. The number of likely N-dealkylation sites (tertiary alicyclic amines) is 1. The summed E-state index contributed by atoms with van der Waals surface area (Å²) < 4.78 is 15.7. The zero-order valence-corrected chi connectivity index (χ0v) is 29.3. The van der Waals surface area contributed by atoms with Crippen LogP contribution in [0.2, 0.25) is 0 Å². The number of nitrogens with one attached hydrogen (secondary N) is 1. The number of Topliss-reactive ketones (excluding diaryl/α,β-unsaturated/α-hetero) is 1. The lowest BCUT2D eigenvalue weighted by atomic mass is 9.99. The highest BCUT2D eigenvalue weighted by Gasteiger charge is 2.34. The van der Waals surface area contributed by atoms with Crippen LogP contribution in [0.15, 0.2) is 41.3 Å². The molecule has 2 unspecified atom stereocenters. The number of alkyl halides is 1. The minimum absolute atomic E-state index is 0.0379. The minimum Gasteiger partial charge on any atom is -0.309 e. The van der Waals surface area contributed by atoms with Crippen LogP contribution in [-0.2, 0) is 22.8 Å². The summed E-state index contributed by atoms with van der Waals surface area (Å²) in [5.74, 6) is 1.69. The van der Waals surface area contributed by atoms with Crippen LogP contribution in [-0.4, -0.2) is 92.8 Å². The molecular weight excluding hydrogens is 667 g/mol. The van der Waals surface area contributed by atoms with E-state index >= 15 is 0 Å². The molecule has 1 N–H and O–H groups in total. The molecule has 5 rings (SSSR count). The van der Waals surface area contributed by atoms with Gasteiger partial charge < -0.3 is 15.0 Å². The maximum absolute atomic E-state index is 13.6. The lowest BCUT2D eigenvalue weighted by Gasteiger charge is -2.18. The van der Waals surface area contributed by atoms with Gasteiger partial charge in [0, 0.05) is 42.4 Å². The molecule has 47 heavy (non-hydrogen) atoms. The van der Waals surface area contributed by atoms with Crippen molar-refractivity contribution in [1.29, 1.82) is 0 Å². The van der Waals surface area contributed by atoms with Crippen molar-refractivity contribution in [2.75, 3.05) is 39.5 Å². The van der Waals surface area contributed by atoms with Crippen molar-refractivity contribution in [3.8, 4) is 11.1 Å². The van der Waals surface area contributed by atoms with Crippen LogP contribution in [0.1, 0.15) is 53.6 Å². The first-order valence-corrected chi connectivity index (χ1v) is 16.3. The average Bonchev–Trinajstić information content (AvgIpc) is 3.59. The van der Waals surface area contributed by atoms with Gasteiger partial charge in [0.25, 0.3) is 0 Å². The van der Waals surface area contributed by atoms with E-state index in [1.807, 2.05) is 26.1 Å². The maximum atomic E-state index is 13.6. The van der Waals surface area contributed by atoms with Crippen LogP contribution in [0.3, 0.4) is 0 Å². The third-order valence-electron chi connectivity index (χ3n) is 8.22. The number of amides is 1. The average molecular weight is 710 g/mol. The van der Waals surface area contributed by atoms with Crippen molar-refractivity contribution in [2.24, 2.45) is 5.92 Å². The highest BCUT2D eigenvalue weighted by molar-refractivity contribution is 9.10. The van der Waals surface area contributed by atoms with E-state index < -0.39 is 6.67 Å². The molecule has 0 saturated carbocycles. The number of carbonyl (C=O) groups is 3. The number of aryl methyl sites for hydroxylation is 2. The van der Waals surface area contributed by atoms with Gasteiger partial charge in [-0.25, -0.2) is 19.3 Å². The third kappa shape index (κ3) is 9.11. The van der Waals surface area contributed by atoms with E-state index in [9.17, 15) is 18.8 Å². The molecule has 3 aromatic heterocycles.